The molecule has 0 aliphatic rings. The zero-order valence-corrected chi connectivity index (χ0v) is 9.87. The number of ether oxygens (including phenoxy) is 2. The highest BCUT2D eigenvalue weighted by molar-refractivity contribution is 7.99. The lowest BCUT2D eigenvalue weighted by atomic mass is 10.7. The van der Waals surface area contributed by atoms with E-state index in [4.69, 9.17) is 9.47 Å². The molecule has 15 heavy (non-hydrogen) atoms. The Hall–Kier alpha value is -0.650. The third-order valence-electron chi connectivity index (χ3n) is 1.60. The van der Waals surface area contributed by atoms with Crippen molar-refractivity contribution < 1.29 is 9.47 Å². The summed E-state index contributed by atoms with van der Waals surface area (Å²) >= 11 is 1.54. The van der Waals surface area contributed by atoms with Gasteiger partial charge in [0.05, 0.1) is 5.75 Å². The van der Waals surface area contributed by atoms with Gasteiger partial charge in [-0.1, -0.05) is 11.8 Å². The van der Waals surface area contributed by atoms with Gasteiger partial charge in [-0.05, 0) is 19.9 Å². The minimum atomic E-state index is -0.172. The molecule has 1 aromatic rings. The van der Waals surface area contributed by atoms with Crippen molar-refractivity contribution in [2.45, 2.75) is 25.3 Å². The summed E-state index contributed by atoms with van der Waals surface area (Å²) in [5.41, 5.74) is 0. The van der Waals surface area contributed by atoms with Gasteiger partial charge >= 0.3 is 0 Å². The number of aromatic nitrogens is 2. The van der Waals surface area contributed by atoms with Crippen LogP contribution in [0.15, 0.2) is 23.6 Å². The first kappa shape index (κ1) is 12.4. The molecule has 0 saturated carbocycles. The molecule has 0 unspecified atom stereocenters. The summed E-state index contributed by atoms with van der Waals surface area (Å²) in [6.07, 6.45) is 3.28. The zero-order valence-electron chi connectivity index (χ0n) is 9.05. The first-order chi connectivity index (χ1) is 7.36. The van der Waals surface area contributed by atoms with Gasteiger partial charge in [0.1, 0.15) is 0 Å². The molecule has 1 heterocycles. The molecular weight excluding hydrogens is 212 g/mol. The molecule has 0 fully saturated rings. The average Bonchev–Trinajstić information content (AvgIpc) is 2.28. The summed E-state index contributed by atoms with van der Waals surface area (Å²) in [5, 5.41) is 0.752. The summed E-state index contributed by atoms with van der Waals surface area (Å²) < 4.78 is 10.8. The SMILES string of the molecule is CCOC(CSc1ncccn1)OCC. The topological polar surface area (TPSA) is 44.2 Å². The van der Waals surface area contributed by atoms with E-state index in [9.17, 15) is 0 Å². The maximum atomic E-state index is 5.41. The highest BCUT2D eigenvalue weighted by atomic mass is 32.2. The second-order valence-electron chi connectivity index (χ2n) is 2.68. The van der Waals surface area contributed by atoms with Gasteiger partial charge in [-0.25, -0.2) is 9.97 Å². The largest absolute Gasteiger partial charge is 0.352 e. The minimum Gasteiger partial charge on any atom is -0.352 e. The second-order valence-corrected chi connectivity index (χ2v) is 3.67. The minimum absolute atomic E-state index is 0.172. The summed E-state index contributed by atoms with van der Waals surface area (Å²) in [4.78, 5) is 8.22. The van der Waals surface area contributed by atoms with Gasteiger partial charge in [-0.3, -0.25) is 0 Å². The molecule has 0 amide bonds. The van der Waals surface area contributed by atoms with Gasteiger partial charge in [-0.2, -0.15) is 0 Å². The summed E-state index contributed by atoms with van der Waals surface area (Å²) in [5.74, 6) is 0.714. The average molecular weight is 228 g/mol. The first-order valence-corrected chi connectivity index (χ1v) is 5.98. The van der Waals surface area contributed by atoms with Crippen LogP contribution >= 0.6 is 11.8 Å². The Balaban J connectivity index is 2.33. The number of hydrogen-bond donors (Lipinski definition) is 0. The molecule has 0 aliphatic carbocycles. The second kappa shape index (κ2) is 7.62. The molecular formula is C10H16N2O2S. The van der Waals surface area contributed by atoms with Crippen LogP contribution in [-0.2, 0) is 9.47 Å². The van der Waals surface area contributed by atoms with Crippen molar-refractivity contribution >= 4 is 11.8 Å². The lowest BCUT2D eigenvalue weighted by molar-refractivity contribution is -0.120. The molecule has 0 atom stereocenters. The van der Waals surface area contributed by atoms with Crippen molar-refractivity contribution in [1.29, 1.82) is 0 Å². The van der Waals surface area contributed by atoms with Crippen molar-refractivity contribution in [3.63, 3.8) is 0 Å². The quantitative estimate of drug-likeness (QED) is 0.405. The maximum absolute atomic E-state index is 5.41. The highest BCUT2D eigenvalue weighted by Gasteiger charge is 2.09. The predicted molar refractivity (Wildman–Crippen MR) is 59.8 cm³/mol. The third kappa shape index (κ3) is 5.11. The molecule has 0 saturated heterocycles. The number of nitrogens with zero attached hydrogens (tertiary/aromatic N) is 2. The predicted octanol–water partition coefficient (Wildman–Crippen LogP) is 1.97. The Kier molecular flexibility index (Phi) is 6.31. The van der Waals surface area contributed by atoms with Gasteiger partial charge in [-0.15, -0.1) is 0 Å². The normalized spacial score (nSPS) is 10.9. The van der Waals surface area contributed by atoms with E-state index in [1.165, 1.54) is 11.8 Å². The molecule has 0 aliphatic heterocycles. The highest BCUT2D eigenvalue weighted by Crippen LogP contribution is 2.14. The molecule has 0 radical (unpaired) electrons. The molecule has 1 rings (SSSR count). The third-order valence-corrected chi connectivity index (χ3v) is 2.50. The first-order valence-electron chi connectivity index (χ1n) is 4.99. The van der Waals surface area contributed by atoms with Crippen LogP contribution in [0, 0.1) is 0 Å². The van der Waals surface area contributed by atoms with E-state index >= 15 is 0 Å². The van der Waals surface area contributed by atoms with Crippen molar-refractivity contribution in [3.05, 3.63) is 18.5 Å². The van der Waals surface area contributed by atoms with E-state index in [1.54, 1.807) is 18.5 Å². The Morgan fingerprint density at radius 1 is 1.20 bits per heavy atom. The van der Waals surface area contributed by atoms with Crippen LogP contribution in [0.25, 0.3) is 0 Å². The van der Waals surface area contributed by atoms with Gasteiger partial charge in [0.15, 0.2) is 11.4 Å². The molecule has 0 aromatic carbocycles. The van der Waals surface area contributed by atoms with Crippen LogP contribution in [0.5, 0.6) is 0 Å². The van der Waals surface area contributed by atoms with Crippen LogP contribution in [0.4, 0.5) is 0 Å². The number of hydrogen-bond acceptors (Lipinski definition) is 5. The standard InChI is InChI=1S/C10H16N2O2S/c1-3-13-9(14-4-2)8-15-10-11-6-5-7-12-10/h5-7,9H,3-4,8H2,1-2H3. The Labute approximate surface area is 94.4 Å². The summed E-state index contributed by atoms with van der Waals surface area (Å²) in [6.45, 7) is 5.22. The van der Waals surface area contributed by atoms with E-state index in [0.717, 1.165) is 5.16 Å². The summed E-state index contributed by atoms with van der Waals surface area (Å²) in [6, 6.07) is 1.80. The number of rotatable bonds is 7. The van der Waals surface area contributed by atoms with Gasteiger partial charge in [0.2, 0.25) is 0 Å². The van der Waals surface area contributed by atoms with Crippen molar-refractivity contribution in [2.24, 2.45) is 0 Å². The Morgan fingerprint density at radius 3 is 2.33 bits per heavy atom. The molecule has 0 N–H and O–H groups in total. The van der Waals surface area contributed by atoms with Gasteiger partial charge < -0.3 is 9.47 Å². The van der Waals surface area contributed by atoms with Crippen LogP contribution in [0.1, 0.15) is 13.8 Å². The maximum Gasteiger partial charge on any atom is 0.187 e. The van der Waals surface area contributed by atoms with Crippen LogP contribution in [-0.4, -0.2) is 35.2 Å². The van der Waals surface area contributed by atoms with Crippen molar-refractivity contribution in [1.82, 2.24) is 9.97 Å². The Morgan fingerprint density at radius 2 is 1.80 bits per heavy atom. The van der Waals surface area contributed by atoms with Crippen LogP contribution in [0.3, 0.4) is 0 Å². The van der Waals surface area contributed by atoms with Gasteiger partial charge in [0, 0.05) is 25.6 Å². The zero-order chi connectivity index (χ0) is 10.9. The van der Waals surface area contributed by atoms with Crippen molar-refractivity contribution in [3.8, 4) is 0 Å². The van der Waals surface area contributed by atoms with Crippen molar-refractivity contribution in [2.75, 3.05) is 19.0 Å². The lowest BCUT2D eigenvalue weighted by Gasteiger charge is -2.15. The van der Waals surface area contributed by atoms with Crippen LogP contribution in [0.2, 0.25) is 0 Å². The van der Waals surface area contributed by atoms with E-state index in [2.05, 4.69) is 9.97 Å². The van der Waals surface area contributed by atoms with E-state index in [1.807, 2.05) is 13.8 Å². The molecule has 0 bridgehead atoms. The fourth-order valence-corrected chi connectivity index (χ4v) is 1.77. The number of thioether (sulfide) groups is 1. The monoisotopic (exact) mass is 228 g/mol. The fraction of sp³-hybridized carbons (Fsp3) is 0.600. The molecule has 84 valence electrons. The van der Waals surface area contributed by atoms with Gasteiger partial charge in [0.25, 0.3) is 0 Å². The Bertz CT molecular complexity index is 253. The van der Waals surface area contributed by atoms with E-state index in [-0.39, 0.29) is 6.29 Å². The molecule has 4 nitrogen and oxygen atoms in total. The van der Waals surface area contributed by atoms with E-state index in [0.29, 0.717) is 19.0 Å². The molecule has 5 heteroatoms. The summed E-state index contributed by atoms with van der Waals surface area (Å²) in [7, 11) is 0. The molecule has 1 aromatic heterocycles. The lowest BCUT2D eigenvalue weighted by Crippen LogP contribution is -2.20. The van der Waals surface area contributed by atoms with Crippen LogP contribution < -0.4 is 0 Å². The molecule has 0 spiro atoms. The smallest absolute Gasteiger partial charge is 0.187 e. The van der Waals surface area contributed by atoms with E-state index < -0.39 is 0 Å². The fourth-order valence-electron chi connectivity index (χ4n) is 1.02.